The maximum atomic E-state index is 6.32. The Hall–Kier alpha value is -1.94. The van der Waals surface area contributed by atoms with E-state index >= 15 is 0 Å². The monoisotopic (exact) mass is 305 g/mol. The van der Waals surface area contributed by atoms with Gasteiger partial charge in [0.25, 0.3) is 0 Å². The van der Waals surface area contributed by atoms with Crippen LogP contribution in [0.5, 0.6) is 5.75 Å². The zero-order valence-corrected chi connectivity index (χ0v) is 13.2. The molecule has 2 rings (SSSR count). The number of hydrogen-bond donors (Lipinski definition) is 1. The number of allylic oxidation sites excluding steroid dienone is 1. The van der Waals surface area contributed by atoms with E-state index in [4.69, 9.17) is 22.1 Å². The van der Waals surface area contributed by atoms with E-state index in [0.717, 1.165) is 29.1 Å². The van der Waals surface area contributed by atoms with Gasteiger partial charge in [-0.15, -0.1) is 6.58 Å². The largest absolute Gasteiger partial charge is 0.487 e. The van der Waals surface area contributed by atoms with E-state index in [1.165, 1.54) is 0 Å². The summed E-state index contributed by atoms with van der Waals surface area (Å²) < 4.78 is 7.67. The molecule has 0 radical (unpaired) electrons. The lowest BCUT2D eigenvalue weighted by atomic mass is 10.1. The molecule has 0 fully saturated rings. The van der Waals surface area contributed by atoms with Gasteiger partial charge >= 0.3 is 0 Å². The second-order valence-corrected chi connectivity index (χ2v) is 5.21. The van der Waals surface area contributed by atoms with Crippen LogP contribution in [0.4, 0.5) is 5.69 Å². The summed E-state index contributed by atoms with van der Waals surface area (Å²) in [5, 5.41) is 5.06. The first kappa shape index (κ1) is 15.4. The van der Waals surface area contributed by atoms with Crippen molar-refractivity contribution in [3.05, 3.63) is 52.8 Å². The molecule has 112 valence electrons. The molecule has 0 amide bonds. The average molecular weight is 306 g/mol. The Morgan fingerprint density at radius 2 is 2.24 bits per heavy atom. The van der Waals surface area contributed by atoms with Crippen LogP contribution in [0, 0.1) is 0 Å². The highest BCUT2D eigenvalue weighted by Crippen LogP contribution is 2.26. The molecule has 0 aliphatic rings. The fourth-order valence-electron chi connectivity index (χ4n) is 2.18. The zero-order valence-electron chi connectivity index (χ0n) is 12.4. The Kier molecular flexibility index (Phi) is 4.91. The molecule has 0 unspecified atom stereocenters. The molecule has 5 heteroatoms. The van der Waals surface area contributed by atoms with Gasteiger partial charge in [0.2, 0.25) is 0 Å². The average Bonchev–Trinajstić information content (AvgIpc) is 2.73. The molecule has 21 heavy (non-hydrogen) atoms. The molecule has 0 aliphatic carbocycles. The molecular weight excluding hydrogens is 286 g/mol. The maximum absolute atomic E-state index is 6.32. The maximum Gasteiger partial charge on any atom is 0.131 e. The summed E-state index contributed by atoms with van der Waals surface area (Å²) in [5.74, 6) is 0.791. The minimum absolute atomic E-state index is 0.371. The lowest BCUT2D eigenvalue weighted by Gasteiger charge is -2.11. The molecule has 1 aromatic heterocycles. The molecule has 0 bridgehead atoms. The van der Waals surface area contributed by atoms with Crippen LogP contribution in [0.3, 0.4) is 0 Å². The van der Waals surface area contributed by atoms with Gasteiger partial charge in [-0.25, -0.2) is 0 Å². The first-order valence-electron chi connectivity index (χ1n) is 6.89. The number of nitrogens with two attached hydrogens (primary N) is 1. The van der Waals surface area contributed by atoms with Crippen molar-refractivity contribution >= 4 is 17.3 Å². The van der Waals surface area contributed by atoms with Gasteiger partial charge in [0.05, 0.1) is 16.4 Å². The molecule has 0 spiro atoms. The number of aryl methyl sites for hydroxylation is 2. The van der Waals surface area contributed by atoms with Crippen molar-refractivity contribution in [2.75, 3.05) is 5.73 Å². The number of nitrogens with zero attached hydrogens (tertiary/aromatic N) is 2. The van der Waals surface area contributed by atoms with Crippen molar-refractivity contribution in [3.8, 4) is 5.75 Å². The van der Waals surface area contributed by atoms with Gasteiger partial charge in [-0.05, 0) is 36.6 Å². The number of ether oxygens (including phenoxy) is 1. The summed E-state index contributed by atoms with van der Waals surface area (Å²) in [5.41, 5.74) is 9.30. The molecule has 0 aliphatic heterocycles. The number of hydrogen-bond acceptors (Lipinski definition) is 3. The molecule has 2 aromatic rings. The van der Waals surface area contributed by atoms with Crippen molar-refractivity contribution in [1.82, 2.24) is 9.78 Å². The van der Waals surface area contributed by atoms with Gasteiger partial charge in [-0.1, -0.05) is 24.6 Å². The molecule has 2 N–H and O–H groups in total. The minimum Gasteiger partial charge on any atom is -0.487 e. The summed E-state index contributed by atoms with van der Waals surface area (Å²) in [7, 11) is 1.87. The van der Waals surface area contributed by atoms with Crippen LogP contribution in [-0.4, -0.2) is 9.78 Å². The molecule has 4 nitrogen and oxygen atoms in total. The van der Waals surface area contributed by atoms with Crippen LogP contribution >= 0.6 is 11.6 Å². The van der Waals surface area contributed by atoms with E-state index in [1.54, 1.807) is 4.68 Å². The highest BCUT2D eigenvalue weighted by molar-refractivity contribution is 6.31. The summed E-state index contributed by atoms with van der Waals surface area (Å²) >= 11 is 6.32. The van der Waals surface area contributed by atoms with Crippen LogP contribution in [0.15, 0.2) is 30.9 Å². The van der Waals surface area contributed by atoms with E-state index in [9.17, 15) is 0 Å². The summed E-state index contributed by atoms with van der Waals surface area (Å²) in [4.78, 5) is 0. The van der Waals surface area contributed by atoms with E-state index in [2.05, 4.69) is 11.7 Å². The van der Waals surface area contributed by atoms with Crippen molar-refractivity contribution < 1.29 is 4.74 Å². The fraction of sp³-hybridized carbons (Fsp3) is 0.312. The van der Waals surface area contributed by atoms with Crippen molar-refractivity contribution in [2.24, 2.45) is 7.05 Å². The molecular formula is C16H20ClN3O. The molecule has 0 saturated carbocycles. The van der Waals surface area contributed by atoms with Gasteiger partial charge in [0.15, 0.2) is 0 Å². The highest BCUT2D eigenvalue weighted by atomic mass is 35.5. The van der Waals surface area contributed by atoms with E-state index in [1.807, 2.05) is 38.2 Å². The quantitative estimate of drug-likeness (QED) is 0.656. The molecule has 1 heterocycles. The van der Waals surface area contributed by atoms with Gasteiger partial charge in [0, 0.05) is 12.7 Å². The normalized spacial score (nSPS) is 10.6. The number of nitrogen functional groups attached to an aromatic ring is 1. The highest BCUT2D eigenvalue weighted by Gasteiger charge is 2.14. The first-order valence-corrected chi connectivity index (χ1v) is 7.27. The smallest absolute Gasteiger partial charge is 0.131 e. The number of anilines is 1. The minimum atomic E-state index is 0.371. The third kappa shape index (κ3) is 3.39. The second-order valence-electron chi connectivity index (χ2n) is 4.83. The van der Waals surface area contributed by atoms with E-state index in [0.29, 0.717) is 23.7 Å². The van der Waals surface area contributed by atoms with Crippen molar-refractivity contribution in [3.63, 3.8) is 0 Å². The summed E-state index contributed by atoms with van der Waals surface area (Å²) in [6.45, 7) is 6.16. The third-order valence-electron chi connectivity index (χ3n) is 3.32. The third-order valence-corrected chi connectivity index (χ3v) is 3.75. The van der Waals surface area contributed by atoms with Crippen LogP contribution < -0.4 is 10.5 Å². The lowest BCUT2D eigenvalue weighted by Crippen LogP contribution is -2.05. The molecule has 1 aromatic carbocycles. The van der Waals surface area contributed by atoms with Crippen LogP contribution in [0.2, 0.25) is 5.02 Å². The van der Waals surface area contributed by atoms with E-state index in [-0.39, 0.29) is 0 Å². The van der Waals surface area contributed by atoms with Crippen LogP contribution in [-0.2, 0) is 26.5 Å². The SMILES string of the molecule is C=CCc1cc(N)ccc1OCc1c(Cl)c(CC)nn1C. The predicted octanol–water partition coefficient (Wildman–Crippen LogP) is 3.53. The van der Waals surface area contributed by atoms with Gasteiger partial charge in [-0.2, -0.15) is 5.10 Å². The van der Waals surface area contributed by atoms with E-state index < -0.39 is 0 Å². The molecule has 0 saturated heterocycles. The number of halogens is 1. The van der Waals surface area contributed by atoms with Crippen molar-refractivity contribution in [1.29, 1.82) is 0 Å². The van der Waals surface area contributed by atoms with Gasteiger partial charge < -0.3 is 10.5 Å². The lowest BCUT2D eigenvalue weighted by molar-refractivity contribution is 0.292. The number of benzene rings is 1. The van der Waals surface area contributed by atoms with Crippen LogP contribution in [0.1, 0.15) is 23.9 Å². The van der Waals surface area contributed by atoms with Gasteiger partial charge in [-0.3, -0.25) is 4.68 Å². The Morgan fingerprint density at radius 3 is 2.86 bits per heavy atom. The Morgan fingerprint density at radius 1 is 1.48 bits per heavy atom. The Balaban J connectivity index is 2.20. The topological polar surface area (TPSA) is 53.1 Å². The first-order chi connectivity index (χ1) is 10.1. The number of rotatable bonds is 6. The zero-order chi connectivity index (χ0) is 15.4. The summed E-state index contributed by atoms with van der Waals surface area (Å²) in [6.07, 6.45) is 3.34. The van der Waals surface area contributed by atoms with Crippen LogP contribution in [0.25, 0.3) is 0 Å². The Bertz CT molecular complexity index is 649. The Labute approximate surface area is 130 Å². The van der Waals surface area contributed by atoms with Crippen molar-refractivity contribution in [2.45, 2.75) is 26.4 Å². The fourth-order valence-corrected chi connectivity index (χ4v) is 2.53. The van der Waals surface area contributed by atoms with Gasteiger partial charge in [0.1, 0.15) is 12.4 Å². The number of aromatic nitrogens is 2. The second kappa shape index (κ2) is 6.68. The predicted molar refractivity (Wildman–Crippen MR) is 86.7 cm³/mol. The standard InChI is InChI=1S/C16H20ClN3O/c1-4-6-11-9-12(18)7-8-15(11)21-10-14-16(17)13(5-2)19-20(14)3/h4,7-9H,1,5-6,10,18H2,2-3H3. The molecule has 0 atom stereocenters. The summed E-state index contributed by atoms with van der Waals surface area (Å²) in [6, 6.07) is 5.60.